The minimum absolute atomic E-state index is 0.169. The van der Waals surface area contributed by atoms with Gasteiger partial charge in [0.25, 0.3) is 0 Å². The van der Waals surface area contributed by atoms with Crippen molar-refractivity contribution in [3.05, 3.63) is 0 Å². The van der Waals surface area contributed by atoms with Crippen molar-refractivity contribution in [3.8, 4) is 0 Å². The van der Waals surface area contributed by atoms with Gasteiger partial charge in [0.15, 0.2) is 0 Å². The van der Waals surface area contributed by atoms with E-state index in [9.17, 15) is 9.59 Å². The maximum Gasteiger partial charge on any atom is 0.418 e. The molecule has 1 amide bonds. The van der Waals surface area contributed by atoms with Gasteiger partial charge >= 0.3 is 12.1 Å². The van der Waals surface area contributed by atoms with Gasteiger partial charge in [-0.05, 0) is 26.2 Å². The molecule has 2 saturated heterocycles. The molecule has 0 aliphatic carbocycles. The zero-order chi connectivity index (χ0) is 11.7. The van der Waals surface area contributed by atoms with Gasteiger partial charge in [-0.1, -0.05) is 6.92 Å². The number of hydrogen-bond acceptors (Lipinski definition) is 4. The van der Waals surface area contributed by atoms with Gasteiger partial charge in [-0.15, -0.1) is 0 Å². The second kappa shape index (κ2) is 4.41. The van der Waals surface area contributed by atoms with E-state index in [-0.39, 0.29) is 18.1 Å². The lowest BCUT2D eigenvalue weighted by atomic mass is 9.90. The molecule has 0 radical (unpaired) electrons. The van der Waals surface area contributed by atoms with Crippen LogP contribution in [0.1, 0.15) is 33.1 Å². The van der Waals surface area contributed by atoms with E-state index in [0.29, 0.717) is 12.6 Å². The van der Waals surface area contributed by atoms with Crippen molar-refractivity contribution in [2.45, 2.75) is 45.3 Å². The van der Waals surface area contributed by atoms with Gasteiger partial charge in [0.05, 0.1) is 12.1 Å². The van der Waals surface area contributed by atoms with Crippen molar-refractivity contribution in [2.24, 2.45) is 5.92 Å². The molecular formula is C11H18N2O3. The van der Waals surface area contributed by atoms with Crippen molar-refractivity contribution >= 4 is 12.1 Å². The van der Waals surface area contributed by atoms with Gasteiger partial charge in [-0.2, -0.15) is 0 Å². The van der Waals surface area contributed by atoms with Crippen molar-refractivity contribution in [2.75, 3.05) is 6.54 Å². The number of carbonyl (C=O) groups is 2. The number of nitrogens with one attached hydrogen (secondary N) is 1. The van der Waals surface area contributed by atoms with Crippen LogP contribution in [0.25, 0.3) is 0 Å². The number of fused-ring (bicyclic) bond motifs is 1. The molecule has 16 heavy (non-hydrogen) atoms. The Balaban J connectivity index is 2.17. The number of cyclic esters (lactones) is 2. The first kappa shape index (κ1) is 11.4. The number of rotatable bonds is 2. The number of ether oxygens (including phenoxy) is 1. The van der Waals surface area contributed by atoms with Crippen molar-refractivity contribution in [3.63, 3.8) is 0 Å². The van der Waals surface area contributed by atoms with Crippen LogP contribution in [0.4, 0.5) is 4.79 Å². The Morgan fingerprint density at radius 2 is 2.19 bits per heavy atom. The Kier molecular flexibility index (Phi) is 3.14. The van der Waals surface area contributed by atoms with Crippen LogP contribution in [0.3, 0.4) is 0 Å². The van der Waals surface area contributed by atoms with Crippen molar-refractivity contribution < 1.29 is 14.3 Å². The van der Waals surface area contributed by atoms with Crippen LogP contribution in [-0.4, -0.2) is 35.7 Å². The summed E-state index contributed by atoms with van der Waals surface area (Å²) in [5.41, 5.74) is 0. The summed E-state index contributed by atoms with van der Waals surface area (Å²) >= 11 is 0. The van der Waals surface area contributed by atoms with Crippen LogP contribution in [0, 0.1) is 5.92 Å². The lowest BCUT2D eigenvalue weighted by Gasteiger charge is -2.43. The predicted octanol–water partition coefficient (Wildman–Crippen LogP) is 1.09. The molecule has 5 heteroatoms. The summed E-state index contributed by atoms with van der Waals surface area (Å²) in [6.45, 7) is 4.71. The van der Waals surface area contributed by atoms with Gasteiger partial charge in [0.1, 0.15) is 0 Å². The number of carbonyl (C=O) groups excluding carboxylic acids is 2. The highest BCUT2D eigenvalue weighted by Gasteiger charge is 2.45. The van der Waals surface area contributed by atoms with Crippen LogP contribution in [-0.2, 0) is 9.53 Å². The standard InChI is InChI=1S/C11H18N2O3/c1-3-6-13-9-8(5-4-7(2)12-9)10(14)16-11(13)15/h7-9,12H,3-6H2,1-2H3. The minimum Gasteiger partial charge on any atom is -0.376 e. The van der Waals surface area contributed by atoms with E-state index in [1.165, 1.54) is 0 Å². The largest absolute Gasteiger partial charge is 0.418 e. The zero-order valence-corrected chi connectivity index (χ0v) is 9.73. The summed E-state index contributed by atoms with van der Waals surface area (Å²) in [6, 6.07) is 0.347. The Morgan fingerprint density at radius 3 is 2.88 bits per heavy atom. The van der Waals surface area contributed by atoms with E-state index in [1.807, 2.05) is 6.92 Å². The fraction of sp³-hybridized carbons (Fsp3) is 0.818. The van der Waals surface area contributed by atoms with E-state index in [4.69, 9.17) is 4.74 Å². The van der Waals surface area contributed by atoms with Gasteiger partial charge in [0.2, 0.25) is 0 Å². The van der Waals surface area contributed by atoms with Crippen molar-refractivity contribution in [1.29, 1.82) is 0 Å². The zero-order valence-electron chi connectivity index (χ0n) is 9.73. The van der Waals surface area contributed by atoms with Crippen LogP contribution in [0.2, 0.25) is 0 Å². The van der Waals surface area contributed by atoms with E-state index in [2.05, 4.69) is 12.2 Å². The average molecular weight is 226 g/mol. The maximum absolute atomic E-state index is 11.6. The fourth-order valence-corrected chi connectivity index (χ4v) is 2.44. The molecule has 0 aromatic carbocycles. The summed E-state index contributed by atoms with van der Waals surface area (Å²) < 4.78 is 4.76. The number of piperidine rings is 1. The topological polar surface area (TPSA) is 58.6 Å². The number of esters is 1. The molecule has 0 spiro atoms. The molecule has 0 bridgehead atoms. The summed E-state index contributed by atoms with van der Waals surface area (Å²) in [5, 5.41) is 3.32. The van der Waals surface area contributed by atoms with Gasteiger partial charge in [-0.3, -0.25) is 15.0 Å². The molecule has 0 aromatic heterocycles. The molecule has 5 nitrogen and oxygen atoms in total. The van der Waals surface area contributed by atoms with E-state index in [1.54, 1.807) is 4.90 Å². The third-order valence-electron chi connectivity index (χ3n) is 3.27. The third kappa shape index (κ3) is 1.91. The van der Waals surface area contributed by atoms with E-state index >= 15 is 0 Å². The van der Waals surface area contributed by atoms with Crippen LogP contribution in [0.15, 0.2) is 0 Å². The normalized spacial score (nSPS) is 34.6. The Labute approximate surface area is 95.1 Å². The first-order valence-electron chi connectivity index (χ1n) is 5.91. The summed E-state index contributed by atoms with van der Waals surface area (Å²) in [4.78, 5) is 24.8. The van der Waals surface area contributed by atoms with E-state index < -0.39 is 6.09 Å². The summed E-state index contributed by atoms with van der Waals surface area (Å²) in [6.07, 6.45) is 1.94. The second-order valence-corrected chi connectivity index (χ2v) is 4.58. The fourth-order valence-electron chi connectivity index (χ4n) is 2.44. The molecule has 2 rings (SSSR count). The highest BCUT2D eigenvalue weighted by Crippen LogP contribution is 2.28. The van der Waals surface area contributed by atoms with Gasteiger partial charge < -0.3 is 4.74 Å². The third-order valence-corrected chi connectivity index (χ3v) is 3.27. The van der Waals surface area contributed by atoms with Gasteiger partial charge in [-0.25, -0.2) is 4.79 Å². The Morgan fingerprint density at radius 1 is 1.44 bits per heavy atom. The highest BCUT2D eigenvalue weighted by molar-refractivity contribution is 5.89. The number of nitrogens with zero attached hydrogens (tertiary/aromatic N) is 1. The molecule has 2 fully saturated rings. The lowest BCUT2D eigenvalue weighted by molar-refractivity contribution is -0.154. The molecule has 90 valence electrons. The van der Waals surface area contributed by atoms with Crippen LogP contribution < -0.4 is 5.32 Å². The first-order chi connectivity index (χ1) is 7.63. The Bertz CT molecular complexity index is 306. The minimum atomic E-state index is -0.505. The average Bonchev–Trinajstić information content (AvgIpc) is 2.23. The van der Waals surface area contributed by atoms with Crippen molar-refractivity contribution in [1.82, 2.24) is 10.2 Å². The van der Waals surface area contributed by atoms with E-state index in [0.717, 1.165) is 19.3 Å². The second-order valence-electron chi connectivity index (χ2n) is 4.58. The molecule has 2 heterocycles. The molecular weight excluding hydrogens is 208 g/mol. The quantitative estimate of drug-likeness (QED) is 0.565. The summed E-state index contributed by atoms with van der Waals surface area (Å²) in [7, 11) is 0. The monoisotopic (exact) mass is 226 g/mol. The van der Waals surface area contributed by atoms with Crippen LogP contribution >= 0.6 is 0 Å². The Hall–Kier alpha value is -1.10. The SMILES string of the molecule is CCCN1C(=O)OC(=O)C2CCC(C)NC21. The smallest absolute Gasteiger partial charge is 0.376 e. The van der Waals surface area contributed by atoms with Crippen LogP contribution in [0.5, 0.6) is 0 Å². The molecule has 0 saturated carbocycles. The summed E-state index contributed by atoms with van der Waals surface area (Å²) in [5.74, 6) is -0.567. The highest BCUT2D eigenvalue weighted by atomic mass is 16.6. The lowest BCUT2D eigenvalue weighted by Crippen LogP contribution is -2.63. The maximum atomic E-state index is 11.6. The predicted molar refractivity (Wildman–Crippen MR) is 57.6 cm³/mol. The number of hydrogen-bond donors (Lipinski definition) is 1. The molecule has 0 aromatic rings. The molecule has 2 aliphatic heterocycles. The first-order valence-corrected chi connectivity index (χ1v) is 5.91. The molecule has 1 N–H and O–H groups in total. The molecule has 2 aliphatic rings. The molecule has 3 atom stereocenters. The number of amides is 1. The van der Waals surface area contributed by atoms with Gasteiger partial charge in [0, 0.05) is 12.6 Å². The molecule has 3 unspecified atom stereocenters.